The van der Waals surface area contributed by atoms with Crippen LogP contribution in [-0.4, -0.2) is 23.9 Å². The second kappa shape index (κ2) is 4.67. The van der Waals surface area contributed by atoms with Gasteiger partial charge in [0.1, 0.15) is 0 Å². The second-order valence-electron chi connectivity index (χ2n) is 5.24. The van der Waals surface area contributed by atoms with E-state index in [1.165, 1.54) is 0 Å². The van der Waals surface area contributed by atoms with Crippen LogP contribution in [0.25, 0.3) is 0 Å². The Morgan fingerprint density at radius 1 is 1.33 bits per heavy atom. The maximum atomic E-state index is 10.4. The molecule has 2 unspecified atom stereocenters. The van der Waals surface area contributed by atoms with E-state index in [-0.39, 0.29) is 0 Å². The highest BCUT2D eigenvalue weighted by molar-refractivity contribution is 5.07. The van der Waals surface area contributed by atoms with E-state index in [2.05, 4.69) is 13.0 Å². The van der Waals surface area contributed by atoms with Crippen molar-refractivity contribution in [2.24, 2.45) is 11.8 Å². The van der Waals surface area contributed by atoms with Gasteiger partial charge in [-0.15, -0.1) is 0 Å². The monoisotopic (exact) mass is 210 g/mol. The topological polar surface area (TPSA) is 29.5 Å². The van der Waals surface area contributed by atoms with Gasteiger partial charge in [-0.05, 0) is 43.9 Å². The van der Waals surface area contributed by atoms with Crippen molar-refractivity contribution in [3.8, 4) is 0 Å². The van der Waals surface area contributed by atoms with Gasteiger partial charge in [0.25, 0.3) is 0 Å². The summed E-state index contributed by atoms with van der Waals surface area (Å²) in [5.74, 6) is 1.29. The van der Waals surface area contributed by atoms with Gasteiger partial charge in [0.05, 0.1) is 5.60 Å². The zero-order valence-corrected chi connectivity index (χ0v) is 9.61. The van der Waals surface area contributed by atoms with E-state index in [4.69, 9.17) is 4.74 Å². The highest BCUT2D eigenvalue weighted by Gasteiger charge is 2.31. The van der Waals surface area contributed by atoms with Crippen LogP contribution >= 0.6 is 0 Å². The molecule has 0 radical (unpaired) electrons. The van der Waals surface area contributed by atoms with Gasteiger partial charge in [-0.2, -0.15) is 0 Å². The maximum absolute atomic E-state index is 10.4. The zero-order valence-electron chi connectivity index (χ0n) is 9.61. The van der Waals surface area contributed by atoms with Gasteiger partial charge in [0.15, 0.2) is 0 Å². The smallest absolute Gasteiger partial charge is 0.0830 e. The number of aliphatic hydroxyl groups is 1. The van der Waals surface area contributed by atoms with Crippen molar-refractivity contribution >= 4 is 0 Å². The Kier molecular flexibility index (Phi) is 3.47. The van der Waals surface area contributed by atoms with Gasteiger partial charge in [0.2, 0.25) is 0 Å². The van der Waals surface area contributed by atoms with Crippen LogP contribution in [0.2, 0.25) is 0 Å². The van der Waals surface area contributed by atoms with Crippen molar-refractivity contribution in [2.75, 3.05) is 13.2 Å². The third-order valence-corrected chi connectivity index (χ3v) is 3.75. The highest BCUT2D eigenvalue weighted by Crippen LogP contribution is 2.33. The average molecular weight is 210 g/mol. The van der Waals surface area contributed by atoms with Crippen LogP contribution < -0.4 is 0 Å². The lowest BCUT2D eigenvalue weighted by Gasteiger charge is -2.34. The molecular weight excluding hydrogens is 188 g/mol. The molecule has 1 saturated heterocycles. The first-order chi connectivity index (χ1) is 7.18. The van der Waals surface area contributed by atoms with E-state index >= 15 is 0 Å². The van der Waals surface area contributed by atoms with Crippen LogP contribution in [0.4, 0.5) is 0 Å². The standard InChI is InChI=1S/C13H22O2/c1-11-2-6-13(14,7-3-11)10-12-4-8-15-9-5-12/h2,6,11-12,14H,3-5,7-10H2,1H3. The minimum Gasteiger partial charge on any atom is -0.386 e. The Balaban J connectivity index is 1.89. The molecule has 15 heavy (non-hydrogen) atoms. The summed E-state index contributed by atoms with van der Waals surface area (Å²) in [6.07, 6.45) is 9.43. The number of hydrogen-bond donors (Lipinski definition) is 1. The Morgan fingerprint density at radius 2 is 2.07 bits per heavy atom. The molecule has 1 aliphatic carbocycles. The van der Waals surface area contributed by atoms with Crippen LogP contribution in [0.15, 0.2) is 12.2 Å². The van der Waals surface area contributed by atoms with Crippen molar-refractivity contribution < 1.29 is 9.84 Å². The SMILES string of the molecule is CC1C=CC(O)(CC2CCOCC2)CC1. The van der Waals surface area contributed by atoms with Gasteiger partial charge >= 0.3 is 0 Å². The summed E-state index contributed by atoms with van der Waals surface area (Å²) in [6, 6.07) is 0. The van der Waals surface area contributed by atoms with Crippen molar-refractivity contribution in [1.82, 2.24) is 0 Å². The molecule has 0 saturated carbocycles. The molecule has 2 atom stereocenters. The molecule has 0 aromatic carbocycles. The summed E-state index contributed by atoms with van der Waals surface area (Å²) >= 11 is 0. The zero-order chi connectivity index (χ0) is 10.7. The van der Waals surface area contributed by atoms with E-state index in [0.29, 0.717) is 11.8 Å². The van der Waals surface area contributed by atoms with Gasteiger partial charge < -0.3 is 9.84 Å². The summed E-state index contributed by atoms with van der Waals surface area (Å²) in [6.45, 7) is 3.96. The summed E-state index contributed by atoms with van der Waals surface area (Å²) in [4.78, 5) is 0. The first kappa shape index (κ1) is 11.2. The molecule has 1 heterocycles. The predicted octanol–water partition coefficient (Wildman–Crippen LogP) is 2.52. The lowest BCUT2D eigenvalue weighted by atomic mass is 9.78. The van der Waals surface area contributed by atoms with Crippen LogP contribution in [-0.2, 0) is 4.74 Å². The number of ether oxygens (including phenoxy) is 1. The molecule has 0 spiro atoms. The molecule has 1 fully saturated rings. The molecule has 2 nitrogen and oxygen atoms in total. The molecule has 1 N–H and O–H groups in total. The van der Waals surface area contributed by atoms with E-state index in [1.54, 1.807) is 0 Å². The summed E-state index contributed by atoms with van der Waals surface area (Å²) in [7, 11) is 0. The highest BCUT2D eigenvalue weighted by atomic mass is 16.5. The quantitative estimate of drug-likeness (QED) is 0.710. The summed E-state index contributed by atoms with van der Waals surface area (Å²) < 4.78 is 5.34. The molecule has 1 aliphatic heterocycles. The fourth-order valence-electron chi connectivity index (χ4n) is 2.62. The van der Waals surface area contributed by atoms with Crippen LogP contribution in [0.1, 0.15) is 39.0 Å². The molecule has 2 heteroatoms. The van der Waals surface area contributed by atoms with Crippen LogP contribution in [0.5, 0.6) is 0 Å². The van der Waals surface area contributed by atoms with Crippen molar-refractivity contribution in [1.29, 1.82) is 0 Å². The molecule has 0 aromatic heterocycles. The fraction of sp³-hybridized carbons (Fsp3) is 0.846. The summed E-state index contributed by atoms with van der Waals surface area (Å²) in [5.41, 5.74) is -0.519. The van der Waals surface area contributed by atoms with Crippen LogP contribution in [0, 0.1) is 11.8 Å². The minimum atomic E-state index is -0.519. The minimum absolute atomic E-state index is 0.519. The van der Waals surface area contributed by atoms with E-state index in [0.717, 1.165) is 45.3 Å². The van der Waals surface area contributed by atoms with Gasteiger partial charge in [-0.25, -0.2) is 0 Å². The number of rotatable bonds is 2. The Hall–Kier alpha value is -0.340. The Bertz CT molecular complexity index is 231. The lowest BCUT2D eigenvalue weighted by molar-refractivity contribution is 0.00708. The molecule has 86 valence electrons. The first-order valence-electron chi connectivity index (χ1n) is 6.17. The first-order valence-corrected chi connectivity index (χ1v) is 6.17. The Morgan fingerprint density at radius 3 is 2.67 bits per heavy atom. The molecule has 2 rings (SSSR count). The summed E-state index contributed by atoms with van der Waals surface area (Å²) in [5, 5.41) is 10.4. The lowest BCUT2D eigenvalue weighted by Crippen LogP contribution is -2.33. The molecule has 2 aliphatic rings. The van der Waals surface area contributed by atoms with Gasteiger partial charge in [-0.3, -0.25) is 0 Å². The van der Waals surface area contributed by atoms with E-state index in [9.17, 15) is 5.11 Å². The molecular formula is C13H22O2. The van der Waals surface area contributed by atoms with Gasteiger partial charge in [0, 0.05) is 13.2 Å². The number of allylic oxidation sites excluding steroid dienone is 1. The van der Waals surface area contributed by atoms with Crippen molar-refractivity contribution in [3.05, 3.63) is 12.2 Å². The number of hydrogen-bond acceptors (Lipinski definition) is 2. The predicted molar refractivity (Wildman–Crippen MR) is 60.6 cm³/mol. The van der Waals surface area contributed by atoms with Crippen molar-refractivity contribution in [2.45, 2.75) is 44.6 Å². The second-order valence-corrected chi connectivity index (χ2v) is 5.24. The van der Waals surface area contributed by atoms with Gasteiger partial charge in [-0.1, -0.05) is 19.1 Å². The Labute approximate surface area is 92.3 Å². The molecule has 0 aromatic rings. The van der Waals surface area contributed by atoms with E-state index < -0.39 is 5.60 Å². The van der Waals surface area contributed by atoms with Crippen LogP contribution in [0.3, 0.4) is 0 Å². The molecule has 0 bridgehead atoms. The third-order valence-electron chi connectivity index (χ3n) is 3.75. The molecule has 0 amide bonds. The third kappa shape index (κ3) is 3.05. The average Bonchev–Trinajstić information content (AvgIpc) is 2.24. The van der Waals surface area contributed by atoms with E-state index in [1.807, 2.05) is 6.08 Å². The normalized spacial score (nSPS) is 38.1. The maximum Gasteiger partial charge on any atom is 0.0830 e. The fourth-order valence-corrected chi connectivity index (χ4v) is 2.62. The largest absolute Gasteiger partial charge is 0.386 e. The van der Waals surface area contributed by atoms with Crippen molar-refractivity contribution in [3.63, 3.8) is 0 Å².